The average molecular weight is 320 g/mol. The molecular formula is C20H20N2O2. The maximum atomic E-state index is 12.6. The van der Waals surface area contributed by atoms with Crippen LogP contribution < -0.4 is 5.56 Å². The highest BCUT2D eigenvalue weighted by Gasteiger charge is 2.10. The number of rotatable bonds is 5. The summed E-state index contributed by atoms with van der Waals surface area (Å²) < 4.78 is 1.38. The Bertz CT molecular complexity index is 940. The molecule has 0 aliphatic heterocycles. The second kappa shape index (κ2) is 6.79. The molecular weight excluding hydrogens is 300 g/mol. The Hall–Kier alpha value is -2.75. The number of nitrogens with zero attached hydrogens (tertiary/aromatic N) is 2. The van der Waals surface area contributed by atoms with Crippen LogP contribution >= 0.6 is 0 Å². The van der Waals surface area contributed by atoms with Crippen LogP contribution in [0.3, 0.4) is 0 Å². The molecule has 0 fully saturated rings. The lowest BCUT2D eigenvalue weighted by atomic mass is 10.1. The van der Waals surface area contributed by atoms with Gasteiger partial charge in [0.05, 0.1) is 23.8 Å². The number of aryl methyl sites for hydroxylation is 2. The Morgan fingerprint density at radius 3 is 2.58 bits per heavy atom. The zero-order chi connectivity index (χ0) is 17.1. The molecule has 0 aliphatic carbocycles. The molecule has 0 amide bonds. The number of hydrogen-bond acceptors (Lipinski definition) is 3. The van der Waals surface area contributed by atoms with Gasteiger partial charge in [0.2, 0.25) is 0 Å². The van der Waals surface area contributed by atoms with Crippen LogP contribution in [0, 0.1) is 6.92 Å². The van der Waals surface area contributed by atoms with Gasteiger partial charge in [0, 0.05) is 5.56 Å². The van der Waals surface area contributed by atoms with Gasteiger partial charge in [-0.05, 0) is 31.0 Å². The van der Waals surface area contributed by atoms with Crippen molar-refractivity contribution in [1.82, 2.24) is 9.55 Å². The van der Waals surface area contributed by atoms with E-state index < -0.39 is 0 Å². The first kappa shape index (κ1) is 16.1. The van der Waals surface area contributed by atoms with Crippen LogP contribution in [0.5, 0.6) is 0 Å². The molecule has 1 aromatic heterocycles. The lowest BCUT2D eigenvalue weighted by Crippen LogP contribution is -2.24. The van der Waals surface area contributed by atoms with Crippen LogP contribution in [0.4, 0.5) is 0 Å². The van der Waals surface area contributed by atoms with Gasteiger partial charge < -0.3 is 0 Å². The van der Waals surface area contributed by atoms with Gasteiger partial charge >= 0.3 is 0 Å². The van der Waals surface area contributed by atoms with Crippen LogP contribution in [0.2, 0.25) is 0 Å². The van der Waals surface area contributed by atoms with Crippen LogP contribution in [-0.4, -0.2) is 15.3 Å². The molecule has 122 valence electrons. The van der Waals surface area contributed by atoms with Crippen molar-refractivity contribution >= 4 is 16.7 Å². The molecule has 0 aliphatic rings. The van der Waals surface area contributed by atoms with Crippen molar-refractivity contribution in [3.8, 4) is 0 Å². The first-order chi connectivity index (χ1) is 11.6. The van der Waals surface area contributed by atoms with Crippen molar-refractivity contribution in [3.05, 3.63) is 75.8 Å². The summed E-state index contributed by atoms with van der Waals surface area (Å²) in [6, 6.07) is 13.2. The van der Waals surface area contributed by atoms with E-state index in [0.29, 0.717) is 16.5 Å². The van der Waals surface area contributed by atoms with E-state index in [0.717, 1.165) is 18.4 Å². The molecule has 0 radical (unpaired) electrons. The van der Waals surface area contributed by atoms with Gasteiger partial charge in [0.1, 0.15) is 0 Å². The van der Waals surface area contributed by atoms with Crippen molar-refractivity contribution < 1.29 is 4.79 Å². The Morgan fingerprint density at radius 2 is 1.88 bits per heavy atom. The largest absolute Gasteiger partial charge is 0.292 e. The summed E-state index contributed by atoms with van der Waals surface area (Å²) in [6.07, 6.45) is 3.52. The SMILES string of the molecule is CCCc1ccc(C(=O)Cn2cnc3ccc(C)cc3c2=O)cc1. The fourth-order valence-corrected chi connectivity index (χ4v) is 2.78. The van der Waals surface area contributed by atoms with E-state index in [9.17, 15) is 9.59 Å². The van der Waals surface area contributed by atoms with E-state index in [4.69, 9.17) is 0 Å². The summed E-state index contributed by atoms with van der Waals surface area (Å²) in [5.41, 5.74) is 3.30. The highest BCUT2D eigenvalue weighted by molar-refractivity contribution is 5.96. The number of ketones is 1. The molecule has 0 spiro atoms. The summed E-state index contributed by atoms with van der Waals surface area (Å²) in [6.45, 7) is 4.06. The summed E-state index contributed by atoms with van der Waals surface area (Å²) in [4.78, 5) is 29.3. The van der Waals surface area contributed by atoms with E-state index in [1.165, 1.54) is 16.5 Å². The molecule has 4 nitrogen and oxygen atoms in total. The molecule has 0 N–H and O–H groups in total. The smallest absolute Gasteiger partial charge is 0.261 e. The minimum Gasteiger partial charge on any atom is -0.292 e. The lowest BCUT2D eigenvalue weighted by molar-refractivity contribution is 0.0970. The summed E-state index contributed by atoms with van der Waals surface area (Å²) in [5, 5.41) is 0.545. The van der Waals surface area contributed by atoms with Gasteiger partial charge in [-0.25, -0.2) is 4.98 Å². The predicted octanol–water partition coefficient (Wildman–Crippen LogP) is 3.54. The lowest BCUT2D eigenvalue weighted by Gasteiger charge is -2.07. The maximum Gasteiger partial charge on any atom is 0.261 e. The Balaban J connectivity index is 1.87. The number of Topliss-reactive ketones (excluding diaryl/α,β-unsaturated/α-hetero) is 1. The van der Waals surface area contributed by atoms with Gasteiger partial charge in [-0.3, -0.25) is 14.2 Å². The number of fused-ring (bicyclic) bond motifs is 1. The highest BCUT2D eigenvalue weighted by Crippen LogP contribution is 2.10. The predicted molar refractivity (Wildman–Crippen MR) is 95.5 cm³/mol. The zero-order valence-electron chi connectivity index (χ0n) is 14.0. The Morgan fingerprint density at radius 1 is 1.12 bits per heavy atom. The molecule has 3 aromatic rings. The fourth-order valence-electron chi connectivity index (χ4n) is 2.78. The summed E-state index contributed by atoms with van der Waals surface area (Å²) in [7, 11) is 0. The summed E-state index contributed by atoms with van der Waals surface area (Å²) >= 11 is 0. The maximum absolute atomic E-state index is 12.6. The molecule has 0 atom stereocenters. The first-order valence-corrected chi connectivity index (χ1v) is 8.16. The number of carbonyl (C=O) groups is 1. The normalized spacial score (nSPS) is 10.9. The highest BCUT2D eigenvalue weighted by atomic mass is 16.1. The van der Waals surface area contributed by atoms with Gasteiger partial charge in [-0.2, -0.15) is 0 Å². The van der Waals surface area contributed by atoms with E-state index in [1.807, 2.05) is 49.4 Å². The quantitative estimate of drug-likeness (QED) is 0.676. The topological polar surface area (TPSA) is 52.0 Å². The van der Waals surface area contributed by atoms with Crippen LogP contribution in [-0.2, 0) is 13.0 Å². The van der Waals surface area contributed by atoms with Crippen LogP contribution in [0.15, 0.2) is 53.6 Å². The van der Waals surface area contributed by atoms with E-state index >= 15 is 0 Å². The molecule has 4 heteroatoms. The molecule has 0 unspecified atom stereocenters. The number of aromatic nitrogens is 2. The molecule has 0 saturated carbocycles. The second-order valence-electron chi connectivity index (χ2n) is 6.07. The Kier molecular flexibility index (Phi) is 4.56. The molecule has 3 rings (SSSR count). The molecule has 1 heterocycles. The van der Waals surface area contributed by atoms with Gasteiger partial charge in [-0.1, -0.05) is 49.2 Å². The molecule has 0 saturated heterocycles. The van der Waals surface area contributed by atoms with E-state index in [1.54, 1.807) is 0 Å². The monoisotopic (exact) mass is 320 g/mol. The Labute approximate surface area is 140 Å². The number of benzene rings is 2. The first-order valence-electron chi connectivity index (χ1n) is 8.16. The molecule has 0 bridgehead atoms. The second-order valence-corrected chi connectivity index (χ2v) is 6.07. The van der Waals surface area contributed by atoms with Crippen LogP contribution in [0.1, 0.15) is 34.8 Å². The number of carbonyl (C=O) groups excluding carboxylic acids is 1. The zero-order valence-corrected chi connectivity index (χ0v) is 14.0. The molecule has 24 heavy (non-hydrogen) atoms. The summed E-state index contributed by atoms with van der Waals surface area (Å²) in [5.74, 6) is -0.0889. The van der Waals surface area contributed by atoms with Gasteiger partial charge in [0.15, 0.2) is 5.78 Å². The van der Waals surface area contributed by atoms with Crippen LogP contribution in [0.25, 0.3) is 10.9 Å². The van der Waals surface area contributed by atoms with Crippen molar-refractivity contribution in [2.75, 3.05) is 0 Å². The van der Waals surface area contributed by atoms with Gasteiger partial charge in [-0.15, -0.1) is 0 Å². The van der Waals surface area contributed by atoms with Crippen molar-refractivity contribution in [3.63, 3.8) is 0 Å². The third-order valence-electron chi connectivity index (χ3n) is 4.11. The van der Waals surface area contributed by atoms with Crippen molar-refractivity contribution in [2.45, 2.75) is 33.2 Å². The standard InChI is InChI=1S/C20H20N2O2/c1-3-4-15-6-8-16(9-7-15)19(23)12-22-13-21-18-10-5-14(2)11-17(18)20(22)24/h5-11,13H,3-4,12H2,1-2H3. The minimum atomic E-state index is -0.181. The van der Waals surface area contributed by atoms with E-state index in [2.05, 4.69) is 11.9 Å². The van der Waals surface area contributed by atoms with Crippen molar-refractivity contribution in [2.24, 2.45) is 0 Å². The number of hydrogen-bond donors (Lipinski definition) is 0. The third kappa shape index (κ3) is 3.27. The van der Waals surface area contributed by atoms with Gasteiger partial charge in [0.25, 0.3) is 5.56 Å². The average Bonchev–Trinajstić information content (AvgIpc) is 2.59. The minimum absolute atomic E-state index is 0.00282. The van der Waals surface area contributed by atoms with E-state index in [-0.39, 0.29) is 17.9 Å². The third-order valence-corrected chi connectivity index (χ3v) is 4.11. The van der Waals surface area contributed by atoms with Crippen molar-refractivity contribution in [1.29, 1.82) is 0 Å². The molecule has 2 aromatic carbocycles. The fraction of sp³-hybridized carbons (Fsp3) is 0.250.